The smallest absolute Gasteiger partial charge is 0.407 e. The number of carbonyl (C=O) groups excluding carboxylic acids is 1. The molecule has 22 heavy (non-hydrogen) atoms. The number of methoxy groups -OCH3 is 1. The molecule has 0 aromatic heterocycles. The minimum absolute atomic E-state index is 0.0371. The van der Waals surface area contributed by atoms with Gasteiger partial charge in [0.15, 0.2) is 0 Å². The lowest BCUT2D eigenvalue weighted by Gasteiger charge is -2.14. The molecule has 0 fully saturated rings. The number of ether oxygens (including phenoxy) is 2. The zero-order valence-corrected chi connectivity index (χ0v) is 13.4. The topological polar surface area (TPSA) is 47.6 Å². The first-order valence-electron chi connectivity index (χ1n) is 7.21. The Hall–Kier alpha value is -1.85. The van der Waals surface area contributed by atoms with E-state index in [-0.39, 0.29) is 11.5 Å². The average Bonchev–Trinajstić information content (AvgIpc) is 2.45. The van der Waals surface area contributed by atoms with E-state index in [0.717, 1.165) is 5.56 Å². The largest absolute Gasteiger partial charge is 0.496 e. The summed E-state index contributed by atoms with van der Waals surface area (Å²) in [6, 6.07) is 3.02. The highest BCUT2D eigenvalue weighted by atomic mass is 19.3. The van der Waals surface area contributed by atoms with Gasteiger partial charge in [0.1, 0.15) is 5.75 Å². The molecular weight excluding hydrogens is 292 g/mol. The molecule has 0 atom stereocenters. The Bertz CT molecular complexity index is 504. The van der Waals surface area contributed by atoms with Gasteiger partial charge in [0, 0.05) is 12.1 Å². The second-order valence-electron chi connectivity index (χ2n) is 5.49. The Balaban J connectivity index is 2.62. The van der Waals surface area contributed by atoms with Crippen molar-refractivity contribution in [3.8, 4) is 5.75 Å². The quantitative estimate of drug-likeness (QED) is 0.831. The van der Waals surface area contributed by atoms with Gasteiger partial charge in [-0.05, 0) is 36.5 Å². The fourth-order valence-electron chi connectivity index (χ4n) is 1.98. The predicted molar refractivity (Wildman–Crippen MR) is 80.6 cm³/mol. The van der Waals surface area contributed by atoms with Crippen LogP contribution < -0.4 is 10.1 Å². The van der Waals surface area contributed by atoms with Gasteiger partial charge in [-0.1, -0.05) is 19.9 Å². The summed E-state index contributed by atoms with van der Waals surface area (Å²) in [5.74, 6) is 0.675. The van der Waals surface area contributed by atoms with Crippen molar-refractivity contribution in [2.24, 2.45) is 5.92 Å². The Morgan fingerprint density at radius 3 is 2.55 bits per heavy atom. The number of hydrogen-bond acceptors (Lipinski definition) is 3. The molecule has 1 amide bonds. The molecule has 1 rings (SSSR count). The van der Waals surface area contributed by atoms with E-state index in [2.05, 4.69) is 5.32 Å². The summed E-state index contributed by atoms with van der Waals surface area (Å²) in [4.78, 5) is 11.4. The number of carbonyl (C=O) groups is 1. The van der Waals surface area contributed by atoms with Crippen molar-refractivity contribution >= 4 is 6.09 Å². The number of benzene rings is 1. The SMILES string of the molecule is COc1cc(C(F)F)c(C)cc1CCNC(=O)OCC(C)C. The first-order valence-corrected chi connectivity index (χ1v) is 7.21. The summed E-state index contributed by atoms with van der Waals surface area (Å²) in [6.45, 7) is 6.24. The van der Waals surface area contributed by atoms with Crippen LogP contribution in [0.25, 0.3) is 0 Å². The number of rotatable bonds is 7. The zero-order chi connectivity index (χ0) is 16.7. The normalized spacial score (nSPS) is 10.9. The number of halogens is 2. The first kappa shape index (κ1) is 18.2. The second kappa shape index (κ2) is 8.56. The van der Waals surface area contributed by atoms with E-state index in [1.807, 2.05) is 13.8 Å². The number of amides is 1. The summed E-state index contributed by atoms with van der Waals surface area (Å²) in [6.07, 6.45) is -2.54. The summed E-state index contributed by atoms with van der Waals surface area (Å²) < 4.78 is 35.9. The number of alkyl halides is 2. The molecule has 0 radical (unpaired) electrons. The highest BCUT2D eigenvalue weighted by Crippen LogP contribution is 2.30. The van der Waals surface area contributed by atoms with Crippen LogP contribution >= 0.6 is 0 Å². The van der Waals surface area contributed by atoms with Crippen LogP contribution in [-0.2, 0) is 11.2 Å². The van der Waals surface area contributed by atoms with Crippen molar-refractivity contribution in [2.75, 3.05) is 20.3 Å². The maximum absolute atomic E-state index is 12.9. The molecular formula is C16H23F2NO3. The first-order chi connectivity index (χ1) is 10.3. The van der Waals surface area contributed by atoms with E-state index in [4.69, 9.17) is 9.47 Å². The molecule has 0 saturated carbocycles. The summed E-state index contributed by atoms with van der Waals surface area (Å²) in [5.41, 5.74) is 1.24. The van der Waals surface area contributed by atoms with Gasteiger partial charge >= 0.3 is 6.09 Å². The fourth-order valence-corrected chi connectivity index (χ4v) is 1.98. The van der Waals surface area contributed by atoms with Crippen LogP contribution in [0.15, 0.2) is 12.1 Å². The van der Waals surface area contributed by atoms with Crippen molar-refractivity contribution < 1.29 is 23.0 Å². The standard InChI is InChI=1S/C16H23F2NO3/c1-10(2)9-22-16(20)19-6-5-12-7-11(3)13(15(17)18)8-14(12)21-4/h7-8,10,15H,5-6,9H2,1-4H3,(H,19,20). The molecule has 0 aliphatic carbocycles. The summed E-state index contributed by atoms with van der Waals surface area (Å²) in [5, 5.41) is 2.63. The third kappa shape index (κ3) is 5.50. The lowest BCUT2D eigenvalue weighted by Crippen LogP contribution is -2.27. The number of alkyl carbamates (subject to hydrolysis) is 1. The summed E-state index contributed by atoms with van der Waals surface area (Å²) in [7, 11) is 1.44. The Morgan fingerprint density at radius 1 is 1.32 bits per heavy atom. The molecule has 0 aliphatic rings. The van der Waals surface area contributed by atoms with Crippen molar-refractivity contribution in [1.82, 2.24) is 5.32 Å². The predicted octanol–water partition coefficient (Wildman–Crippen LogP) is 3.87. The van der Waals surface area contributed by atoms with E-state index in [0.29, 0.717) is 30.9 Å². The third-order valence-corrected chi connectivity index (χ3v) is 3.12. The average molecular weight is 315 g/mol. The Kier molecular flexibility index (Phi) is 7.08. The minimum atomic E-state index is -2.54. The van der Waals surface area contributed by atoms with Crippen LogP contribution in [0.5, 0.6) is 5.75 Å². The van der Waals surface area contributed by atoms with Crippen molar-refractivity contribution in [3.05, 3.63) is 28.8 Å². The maximum Gasteiger partial charge on any atom is 0.407 e. The zero-order valence-electron chi connectivity index (χ0n) is 13.4. The van der Waals surface area contributed by atoms with Crippen molar-refractivity contribution in [3.63, 3.8) is 0 Å². The van der Waals surface area contributed by atoms with Gasteiger partial charge in [-0.3, -0.25) is 0 Å². The van der Waals surface area contributed by atoms with E-state index < -0.39 is 12.5 Å². The van der Waals surface area contributed by atoms with Crippen LogP contribution in [0.3, 0.4) is 0 Å². The van der Waals surface area contributed by atoms with Gasteiger partial charge in [0.25, 0.3) is 6.43 Å². The van der Waals surface area contributed by atoms with Gasteiger partial charge in [-0.15, -0.1) is 0 Å². The monoisotopic (exact) mass is 315 g/mol. The molecule has 0 aliphatic heterocycles. The molecule has 0 heterocycles. The molecule has 1 aromatic carbocycles. The molecule has 0 spiro atoms. The molecule has 0 bridgehead atoms. The van der Waals surface area contributed by atoms with Crippen LogP contribution in [0.2, 0.25) is 0 Å². The van der Waals surface area contributed by atoms with Crippen LogP contribution in [0.1, 0.15) is 37.0 Å². The molecule has 6 heteroatoms. The molecule has 4 nitrogen and oxygen atoms in total. The third-order valence-electron chi connectivity index (χ3n) is 3.12. The van der Waals surface area contributed by atoms with E-state index in [1.54, 1.807) is 13.0 Å². The number of aryl methyl sites for hydroxylation is 1. The minimum Gasteiger partial charge on any atom is -0.496 e. The highest BCUT2D eigenvalue weighted by molar-refractivity contribution is 5.67. The lowest BCUT2D eigenvalue weighted by atomic mass is 10.0. The van der Waals surface area contributed by atoms with Gasteiger partial charge in [-0.25, -0.2) is 13.6 Å². The number of hydrogen-bond donors (Lipinski definition) is 1. The second-order valence-corrected chi connectivity index (χ2v) is 5.49. The molecule has 124 valence electrons. The van der Waals surface area contributed by atoms with E-state index in [1.165, 1.54) is 13.2 Å². The van der Waals surface area contributed by atoms with Crippen LogP contribution in [0, 0.1) is 12.8 Å². The van der Waals surface area contributed by atoms with Gasteiger partial charge < -0.3 is 14.8 Å². The number of nitrogens with one attached hydrogen (secondary N) is 1. The van der Waals surface area contributed by atoms with Crippen LogP contribution in [0.4, 0.5) is 13.6 Å². The molecule has 0 unspecified atom stereocenters. The van der Waals surface area contributed by atoms with Crippen LogP contribution in [-0.4, -0.2) is 26.4 Å². The van der Waals surface area contributed by atoms with Crippen molar-refractivity contribution in [2.45, 2.75) is 33.6 Å². The van der Waals surface area contributed by atoms with E-state index in [9.17, 15) is 13.6 Å². The van der Waals surface area contributed by atoms with Gasteiger partial charge in [0.2, 0.25) is 0 Å². The Morgan fingerprint density at radius 2 is 2.00 bits per heavy atom. The highest BCUT2D eigenvalue weighted by Gasteiger charge is 2.15. The van der Waals surface area contributed by atoms with E-state index >= 15 is 0 Å². The summed E-state index contributed by atoms with van der Waals surface area (Å²) >= 11 is 0. The molecule has 1 aromatic rings. The Labute approximate surface area is 129 Å². The molecule has 0 saturated heterocycles. The maximum atomic E-state index is 12.9. The van der Waals surface area contributed by atoms with Crippen molar-refractivity contribution in [1.29, 1.82) is 0 Å². The van der Waals surface area contributed by atoms with Gasteiger partial charge in [0.05, 0.1) is 13.7 Å². The lowest BCUT2D eigenvalue weighted by molar-refractivity contribution is 0.133. The fraction of sp³-hybridized carbons (Fsp3) is 0.562. The molecule has 1 N–H and O–H groups in total. The van der Waals surface area contributed by atoms with Gasteiger partial charge in [-0.2, -0.15) is 0 Å².